The van der Waals surface area contributed by atoms with Gasteiger partial charge in [-0.2, -0.15) is 4.98 Å². The molecule has 1 aromatic heterocycles. The molecule has 4 rings (SSSR count). The van der Waals surface area contributed by atoms with E-state index in [1.54, 1.807) is 12.1 Å². The van der Waals surface area contributed by atoms with E-state index in [1.807, 2.05) is 6.07 Å². The predicted octanol–water partition coefficient (Wildman–Crippen LogP) is 5.20. The van der Waals surface area contributed by atoms with Crippen molar-refractivity contribution in [2.24, 2.45) is 0 Å². The monoisotopic (exact) mass is 358 g/mol. The van der Waals surface area contributed by atoms with Crippen molar-refractivity contribution in [3.05, 3.63) is 35.0 Å². The number of hydrogen-bond acceptors (Lipinski definition) is 5. The number of phenolic OH excluding ortho intramolecular Hbond substituents is 1. The lowest BCUT2D eigenvalue weighted by Crippen LogP contribution is -2.23. The van der Waals surface area contributed by atoms with Crippen LogP contribution in [0.3, 0.4) is 0 Å². The average molecular weight is 359 g/mol. The zero-order valence-electron chi connectivity index (χ0n) is 14.1. The first-order chi connectivity index (χ1) is 12.2. The molecule has 0 atom stereocenters. The molecule has 2 fully saturated rings. The Bertz CT molecular complexity index is 757. The molecule has 6 heteroatoms. The van der Waals surface area contributed by atoms with Gasteiger partial charge in [0.25, 0.3) is 0 Å². The Morgan fingerprint density at radius 3 is 2.52 bits per heavy atom. The fourth-order valence-electron chi connectivity index (χ4n) is 3.36. The molecular formula is C19H23ClN4O. The largest absolute Gasteiger partial charge is 0.508 e. The first kappa shape index (κ1) is 16.5. The molecule has 0 amide bonds. The summed E-state index contributed by atoms with van der Waals surface area (Å²) in [6.07, 6.45) is 8.63. The van der Waals surface area contributed by atoms with Gasteiger partial charge in [-0.3, -0.25) is 0 Å². The molecule has 0 radical (unpaired) electrons. The molecule has 2 aliphatic carbocycles. The first-order valence-corrected chi connectivity index (χ1v) is 9.46. The number of nitrogens with zero attached hydrogens (tertiary/aromatic N) is 2. The quantitative estimate of drug-likeness (QED) is 0.641. The van der Waals surface area contributed by atoms with Crippen LogP contribution in [0, 0.1) is 0 Å². The van der Waals surface area contributed by atoms with Crippen LogP contribution in [0.25, 0.3) is 0 Å². The van der Waals surface area contributed by atoms with E-state index in [1.165, 1.54) is 51.0 Å². The molecule has 0 bridgehead atoms. The SMILES string of the molecule is Oc1ccc(Nc2cc(C3CC3)nc(NC3CCCCC3)n2)c(Cl)c1. The van der Waals surface area contributed by atoms with Gasteiger partial charge in [0.2, 0.25) is 5.95 Å². The Labute approximate surface area is 152 Å². The van der Waals surface area contributed by atoms with Crippen LogP contribution in [0.4, 0.5) is 17.5 Å². The lowest BCUT2D eigenvalue weighted by molar-refractivity contribution is 0.460. The Morgan fingerprint density at radius 2 is 1.80 bits per heavy atom. The van der Waals surface area contributed by atoms with Crippen LogP contribution in [0.1, 0.15) is 56.6 Å². The van der Waals surface area contributed by atoms with E-state index in [0.717, 1.165) is 17.2 Å². The molecule has 0 unspecified atom stereocenters. The summed E-state index contributed by atoms with van der Waals surface area (Å²) in [6, 6.07) is 7.36. The van der Waals surface area contributed by atoms with Crippen molar-refractivity contribution in [2.45, 2.75) is 56.9 Å². The van der Waals surface area contributed by atoms with Crippen molar-refractivity contribution in [3.63, 3.8) is 0 Å². The summed E-state index contributed by atoms with van der Waals surface area (Å²) in [4.78, 5) is 9.37. The predicted molar refractivity (Wildman–Crippen MR) is 101 cm³/mol. The van der Waals surface area contributed by atoms with E-state index in [4.69, 9.17) is 16.6 Å². The summed E-state index contributed by atoms with van der Waals surface area (Å²) in [7, 11) is 0. The van der Waals surface area contributed by atoms with Gasteiger partial charge >= 0.3 is 0 Å². The van der Waals surface area contributed by atoms with E-state index in [0.29, 0.717) is 22.9 Å². The van der Waals surface area contributed by atoms with E-state index < -0.39 is 0 Å². The minimum Gasteiger partial charge on any atom is -0.508 e. The van der Waals surface area contributed by atoms with Gasteiger partial charge in [0.15, 0.2) is 0 Å². The third-order valence-corrected chi connectivity index (χ3v) is 5.21. The van der Waals surface area contributed by atoms with Gasteiger partial charge in [-0.05, 0) is 37.8 Å². The Balaban J connectivity index is 1.57. The maximum absolute atomic E-state index is 9.51. The molecule has 1 aromatic carbocycles. The summed E-state index contributed by atoms with van der Waals surface area (Å²) in [5.74, 6) is 2.14. The summed E-state index contributed by atoms with van der Waals surface area (Å²) in [5, 5.41) is 16.8. The van der Waals surface area contributed by atoms with Gasteiger partial charge < -0.3 is 15.7 Å². The van der Waals surface area contributed by atoms with Gasteiger partial charge in [-0.25, -0.2) is 4.98 Å². The molecule has 25 heavy (non-hydrogen) atoms. The highest BCUT2D eigenvalue weighted by Crippen LogP contribution is 2.40. The Hall–Kier alpha value is -2.01. The minimum atomic E-state index is 0.150. The standard InChI is InChI=1S/C19H23ClN4O/c20-15-10-14(25)8-9-16(15)22-18-11-17(12-6-7-12)23-19(24-18)21-13-4-2-1-3-5-13/h8-13,25H,1-7H2,(H2,21,22,23,24). The van der Waals surface area contributed by atoms with Crippen LogP contribution in [0.5, 0.6) is 5.75 Å². The fraction of sp³-hybridized carbons (Fsp3) is 0.474. The van der Waals surface area contributed by atoms with Crippen LogP contribution in [0.15, 0.2) is 24.3 Å². The number of halogens is 1. The maximum atomic E-state index is 9.51. The highest BCUT2D eigenvalue weighted by atomic mass is 35.5. The molecule has 5 nitrogen and oxygen atoms in total. The molecule has 132 valence electrons. The lowest BCUT2D eigenvalue weighted by Gasteiger charge is -2.23. The third kappa shape index (κ3) is 4.15. The molecule has 2 aliphatic rings. The average Bonchev–Trinajstić information content (AvgIpc) is 3.43. The Kier molecular flexibility index (Phi) is 4.66. The normalized spacial score (nSPS) is 18.1. The molecule has 3 N–H and O–H groups in total. The number of hydrogen-bond donors (Lipinski definition) is 3. The molecule has 1 heterocycles. The molecule has 0 aliphatic heterocycles. The second kappa shape index (κ2) is 7.08. The fourth-order valence-corrected chi connectivity index (χ4v) is 3.58. The van der Waals surface area contributed by atoms with Crippen molar-refractivity contribution in [2.75, 3.05) is 10.6 Å². The van der Waals surface area contributed by atoms with E-state index in [-0.39, 0.29) is 5.75 Å². The third-order valence-electron chi connectivity index (χ3n) is 4.90. The smallest absolute Gasteiger partial charge is 0.225 e. The Morgan fingerprint density at radius 1 is 1.00 bits per heavy atom. The van der Waals surface area contributed by atoms with Gasteiger partial charge in [0.05, 0.1) is 16.4 Å². The van der Waals surface area contributed by atoms with E-state index in [2.05, 4.69) is 15.6 Å². The van der Waals surface area contributed by atoms with E-state index >= 15 is 0 Å². The minimum absolute atomic E-state index is 0.150. The van der Waals surface area contributed by atoms with Crippen molar-refractivity contribution in [1.29, 1.82) is 0 Å². The van der Waals surface area contributed by atoms with Crippen molar-refractivity contribution in [1.82, 2.24) is 9.97 Å². The molecular weight excluding hydrogens is 336 g/mol. The van der Waals surface area contributed by atoms with Crippen LogP contribution in [-0.2, 0) is 0 Å². The number of aromatic hydroxyl groups is 1. The highest BCUT2D eigenvalue weighted by molar-refractivity contribution is 6.33. The van der Waals surface area contributed by atoms with Crippen LogP contribution in [-0.4, -0.2) is 21.1 Å². The van der Waals surface area contributed by atoms with Crippen LogP contribution in [0.2, 0.25) is 5.02 Å². The van der Waals surface area contributed by atoms with Gasteiger partial charge in [-0.15, -0.1) is 0 Å². The topological polar surface area (TPSA) is 70.1 Å². The number of nitrogens with one attached hydrogen (secondary N) is 2. The number of aromatic nitrogens is 2. The van der Waals surface area contributed by atoms with Gasteiger partial charge in [0, 0.05) is 24.1 Å². The highest BCUT2D eigenvalue weighted by Gasteiger charge is 2.26. The summed E-state index contributed by atoms with van der Waals surface area (Å²) >= 11 is 6.21. The summed E-state index contributed by atoms with van der Waals surface area (Å²) in [6.45, 7) is 0. The van der Waals surface area contributed by atoms with Gasteiger partial charge in [0.1, 0.15) is 11.6 Å². The zero-order valence-corrected chi connectivity index (χ0v) is 14.9. The number of anilines is 3. The van der Waals surface area contributed by atoms with Crippen molar-refractivity contribution >= 4 is 29.1 Å². The lowest BCUT2D eigenvalue weighted by atomic mass is 9.96. The number of phenols is 1. The first-order valence-electron chi connectivity index (χ1n) is 9.08. The van der Waals surface area contributed by atoms with Crippen molar-refractivity contribution < 1.29 is 5.11 Å². The number of benzene rings is 1. The van der Waals surface area contributed by atoms with E-state index in [9.17, 15) is 5.11 Å². The molecule has 2 aromatic rings. The summed E-state index contributed by atoms with van der Waals surface area (Å²) < 4.78 is 0. The zero-order chi connectivity index (χ0) is 17.2. The molecule has 0 saturated heterocycles. The summed E-state index contributed by atoms with van der Waals surface area (Å²) in [5.41, 5.74) is 1.81. The number of rotatable bonds is 5. The molecule has 2 saturated carbocycles. The molecule has 0 spiro atoms. The maximum Gasteiger partial charge on any atom is 0.225 e. The second-order valence-electron chi connectivity index (χ2n) is 7.04. The van der Waals surface area contributed by atoms with Crippen molar-refractivity contribution in [3.8, 4) is 5.75 Å². The van der Waals surface area contributed by atoms with Gasteiger partial charge in [-0.1, -0.05) is 30.9 Å². The second-order valence-corrected chi connectivity index (χ2v) is 7.45. The van der Waals surface area contributed by atoms with Crippen LogP contribution < -0.4 is 10.6 Å². The van der Waals surface area contributed by atoms with Crippen LogP contribution >= 0.6 is 11.6 Å².